The first-order valence-electron chi connectivity index (χ1n) is 10.3. The first kappa shape index (κ1) is 21.7. The summed E-state index contributed by atoms with van der Waals surface area (Å²) in [6, 6.07) is 7.97. The van der Waals surface area contributed by atoms with Gasteiger partial charge in [-0.3, -0.25) is 14.5 Å². The van der Waals surface area contributed by atoms with Gasteiger partial charge in [-0.1, -0.05) is 12.1 Å². The topological polar surface area (TPSA) is 65.5 Å². The van der Waals surface area contributed by atoms with Crippen LogP contribution in [-0.4, -0.2) is 59.3 Å². The van der Waals surface area contributed by atoms with Crippen molar-refractivity contribution in [3.63, 3.8) is 0 Å². The van der Waals surface area contributed by atoms with Gasteiger partial charge in [0.15, 0.2) is 0 Å². The van der Waals surface area contributed by atoms with Gasteiger partial charge in [0, 0.05) is 48.2 Å². The van der Waals surface area contributed by atoms with Crippen molar-refractivity contribution in [1.29, 1.82) is 0 Å². The lowest BCUT2D eigenvalue weighted by atomic mass is 10.1. The number of hydrogen-bond acceptors (Lipinski definition) is 6. The number of thiazole rings is 1. The molecule has 3 heterocycles. The third-order valence-corrected chi connectivity index (χ3v) is 7.25. The smallest absolute Gasteiger partial charge is 0.238 e. The molecule has 6 nitrogen and oxygen atoms in total. The van der Waals surface area contributed by atoms with Crippen LogP contribution in [0.1, 0.15) is 16.8 Å². The third kappa shape index (κ3) is 5.39. The average Bonchev–Trinajstić information content (AvgIpc) is 3.44. The molecule has 162 valence electrons. The van der Waals surface area contributed by atoms with Crippen LogP contribution in [0.5, 0.6) is 0 Å². The van der Waals surface area contributed by atoms with E-state index in [0.29, 0.717) is 39.1 Å². The number of nitrogens with zero attached hydrogens (tertiary/aromatic N) is 3. The Morgan fingerprint density at radius 1 is 1.10 bits per heavy atom. The fourth-order valence-electron chi connectivity index (χ4n) is 3.61. The largest absolute Gasteiger partial charge is 0.340 e. The van der Waals surface area contributed by atoms with Crippen molar-refractivity contribution in [1.82, 2.24) is 14.8 Å². The highest BCUT2D eigenvalue weighted by Gasteiger charge is 2.23. The van der Waals surface area contributed by atoms with Crippen molar-refractivity contribution in [3.8, 4) is 10.6 Å². The van der Waals surface area contributed by atoms with Crippen LogP contribution in [-0.2, 0) is 16.0 Å². The number of rotatable bonds is 6. The fourth-order valence-corrected chi connectivity index (χ4v) is 5.14. The molecule has 0 radical (unpaired) electrons. The van der Waals surface area contributed by atoms with E-state index in [1.807, 2.05) is 53.8 Å². The molecule has 4 rings (SSSR count). The Balaban J connectivity index is 1.24. The van der Waals surface area contributed by atoms with Crippen LogP contribution < -0.4 is 5.32 Å². The summed E-state index contributed by atoms with van der Waals surface area (Å²) in [6.07, 6.45) is 0.327. The van der Waals surface area contributed by atoms with Crippen LogP contribution >= 0.6 is 22.7 Å². The van der Waals surface area contributed by atoms with E-state index >= 15 is 0 Å². The number of carbonyl (C=O) groups is 2. The monoisotopic (exact) mass is 454 g/mol. The molecule has 1 aliphatic rings. The van der Waals surface area contributed by atoms with Crippen molar-refractivity contribution in [2.45, 2.75) is 20.3 Å². The number of amides is 2. The number of anilines is 1. The predicted molar refractivity (Wildman–Crippen MR) is 127 cm³/mol. The summed E-state index contributed by atoms with van der Waals surface area (Å²) in [6.45, 7) is 7.06. The number of hydrogen-bond donors (Lipinski definition) is 1. The van der Waals surface area contributed by atoms with Gasteiger partial charge in [-0.15, -0.1) is 11.3 Å². The summed E-state index contributed by atoms with van der Waals surface area (Å²) in [4.78, 5) is 33.7. The lowest BCUT2D eigenvalue weighted by Gasteiger charge is -2.34. The zero-order valence-corrected chi connectivity index (χ0v) is 19.4. The molecule has 8 heteroatoms. The molecule has 1 aliphatic heterocycles. The minimum Gasteiger partial charge on any atom is -0.340 e. The maximum absolute atomic E-state index is 12.7. The second kappa shape index (κ2) is 9.72. The van der Waals surface area contributed by atoms with Gasteiger partial charge in [0.05, 0.1) is 18.7 Å². The Morgan fingerprint density at radius 3 is 2.65 bits per heavy atom. The molecular weight excluding hydrogens is 428 g/mol. The first-order chi connectivity index (χ1) is 15.0. The minimum atomic E-state index is -0.0168. The molecule has 1 N–H and O–H groups in total. The van der Waals surface area contributed by atoms with Crippen LogP contribution in [0.4, 0.5) is 5.69 Å². The molecule has 0 atom stereocenters. The molecule has 0 spiro atoms. The van der Waals surface area contributed by atoms with E-state index in [1.165, 1.54) is 0 Å². The van der Waals surface area contributed by atoms with Gasteiger partial charge in [0.25, 0.3) is 0 Å². The van der Waals surface area contributed by atoms with Gasteiger partial charge in [0.1, 0.15) is 5.01 Å². The van der Waals surface area contributed by atoms with Crippen molar-refractivity contribution in [2.24, 2.45) is 0 Å². The molecule has 0 bridgehead atoms. The summed E-state index contributed by atoms with van der Waals surface area (Å²) < 4.78 is 0. The molecule has 1 fully saturated rings. The maximum Gasteiger partial charge on any atom is 0.238 e. The zero-order chi connectivity index (χ0) is 21.8. The Kier molecular flexibility index (Phi) is 6.80. The highest BCUT2D eigenvalue weighted by molar-refractivity contribution is 7.14. The minimum absolute atomic E-state index is 0.0168. The number of nitrogens with one attached hydrogen (secondary N) is 1. The molecule has 1 aromatic carbocycles. The Bertz CT molecular complexity index is 1050. The van der Waals surface area contributed by atoms with Crippen molar-refractivity contribution < 1.29 is 9.59 Å². The van der Waals surface area contributed by atoms with Crippen LogP contribution in [0, 0.1) is 13.8 Å². The Morgan fingerprint density at radius 2 is 1.90 bits per heavy atom. The molecular formula is C23H26N4O2S2. The zero-order valence-electron chi connectivity index (χ0n) is 17.8. The number of piperazine rings is 1. The van der Waals surface area contributed by atoms with Crippen LogP contribution in [0.15, 0.2) is 40.4 Å². The second-order valence-corrected chi connectivity index (χ2v) is 9.42. The second-order valence-electron chi connectivity index (χ2n) is 7.79. The quantitative estimate of drug-likeness (QED) is 0.615. The van der Waals surface area contributed by atoms with Crippen LogP contribution in [0.25, 0.3) is 10.6 Å². The Labute approximate surface area is 190 Å². The molecule has 31 heavy (non-hydrogen) atoms. The summed E-state index contributed by atoms with van der Waals surface area (Å²) in [5, 5.41) is 10.0. The summed E-state index contributed by atoms with van der Waals surface area (Å²) in [7, 11) is 0. The van der Waals surface area contributed by atoms with Gasteiger partial charge in [-0.25, -0.2) is 4.98 Å². The highest BCUT2D eigenvalue weighted by Crippen LogP contribution is 2.26. The SMILES string of the molecule is Cc1cccc(NC(=O)CN2CCN(C(=O)Cc3csc(-c4ccsc4)n3)CC2)c1C. The van der Waals surface area contributed by atoms with E-state index < -0.39 is 0 Å². The number of thiophene rings is 1. The maximum atomic E-state index is 12.7. The third-order valence-electron chi connectivity index (χ3n) is 5.62. The van der Waals surface area contributed by atoms with E-state index in [1.54, 1.807) is 22.7 Å². The molecule has 0 unspecified atom stereocenters. The highest BCUT2D eigenvalue weighted by atomic mass is 32.1. The molecule has 2 aromatic heterocycles. The van der Waals surface area contributed by atoms with Crippen molar-refractivity contribution >= 4 is 40.2 Å². The van der Waals surface area contributed by atoms with E-state index in [9.17, 15) is 9.59 Å². The number of carbonyl (C=O) groups excluding carboxylic acids is 2. The van der Waals surface area contributed by atoms with Gasteiger partial charge in [0.2, 0.25) is 11.8 Å². The van der Waals surface area contributed by atoms with E-state index in [4.69, 9.17) is 0 Å². The van der Waals surface area contributed by atoms with E-state index in [2.05, 4.69) is 20.6 Å². The molecule has 1 saturated heterocycles. The standard InChI is InChI=1S/C23H26N4O2S2/c1-16-4-3-5-20(17(16)2)25-21(28)13-26-7-9-27(10-8-26)22(29)12-19-15-31-23(24-19)18-6-11-30-14-18/h3-6,11,14-15H,7-10,12-13H2,1-2H3,(H,25,28). The van der Waals surface area contributed by atoms with E-state index in [-0.39, 0.29) is 11.8 Å². The number of benzene rings is 1. The van der Waals surface area contributed by atoms with Crippen LogP contribution in [0.3, 0.4) is 0 Å². The van der Waals surface area contributed by atoms with Crippen molar-refractivity contribution in [3.05, 3.63) is 57.2 Å². The van der Waals surface area contributed by atoms with Gasteiger partial charge < -0.3 is 10.2 Å². The van der Waals surface area contributed by atoms with Gasteiger partial charge >= 0.3 is 0 Å². The predicted octanol–water partition coefficient (Wildman–Crippen LogP) is 3.81. The first-order valence-corrected chi connectivity index (χ1v) is 12.1. The number of aromatic nitrogens is 1. The number of aryl methyl sites for hydroxylation is 1. The average molecular weight is 455 g/mol. The lowest BCUT2D eigenvalue weighted by Crippen LogP contribution is -2.50. The van der Waals surface area contributed by atoms with Gasteiger partial charge in [-0.2, -0.15) is 11.3 Å². The normalized spacial score (nSPS) is 14.6. The summed E-state index contributed by atoms with van der Waals surface area (Å²) in [5.74, 6) is 0.0820. The summed E-state index contributed by atoms with van der Waals surface area (Å²) >= 11 is 3.22. The Hall–Kier alpha value is -2.55. The summed E-state index contributed by atoms with van der Waals surface area (Å²) in [5.41, 5.74) is 5.06. The van der Waals surface area contributed by atoms with Crippen LogP contribution in [0.2, 0.25) is 0 Å². The molecule has 0 saturated carbocycles. The molecule has 2 amide bonds. The fraction of sp³-hybridized carbons (Fsp3) is 0.348. The molecule has 3 aromatic rings. The van der Waals surface area contributed by atoms with Gasteiger partial charge in [-0.05, 0) is 42.5 Å². The van der Waals surface area contributed by atoms with E-state index in [0.717, 1.165) is 33.1 Å². The lowest BCUT2D eigenvalue weighted by molar-refractivity contribution is -0.132. The molecule has 0 aliphatic carbocycles. The van der Waals surface area contributed by atoms with Crippen molar-refractivity contribution in [2.75, 3.05) is 38.0 Å².